The summed E-state index contributed by atoms with van der Waals surface area (Å²) in [5.74, 6) is 0.885. The number of aryl methyl sites for hydroxylation is 2. The third-order valence-electron chi connectivity index (χ3n) is 16.4. The quantitative estimate of drug-likeness (QED) is 0.0392. The van der Waals surface area contributed by atoms with Crippen LogP contribution in [0.4, 0.5) is 11.5 Å². The SMILES string of the molecule is Cc1noc(C)c1-c1cnc(NCCN2CCOCC2)c([N+](=O)[O-])c1.[Pd].c1ccc(P(c2ccccc2)c2ccccc2)cc1.c1ccc(P(c2ccccc2)c2ccccc2)cc1.c1ccc(P(c2ccccc2)c2ccccc2)cc1.c1ccc(P(c2ccccc2)c2ccccc2)cc1. The maximum atomic E-state index is 11.4. The topological polar surface area (TPSA) is 107 Å². The van der Waals surface area contributed by atoms with E-state index in [1.807, 2.05) is 0 Å². The number of hydrogen-bond donors (Lipinski definition) is 1. The van der Waals surface area contributed by atoms with Gasteiger partial charge in [-0.3, -0.25) is 15.0 Å². The third kappa shape index (κ3) is 21.8. The Bertz CT molecular complexity index is 3780. The van der Waals surface area contributed by atoms with Crippen LogP contribution < -0.4 is 69.0 Å². The molecule has 9 nitrogen and oxygen atoms in total. The van der Waals surface area contributed by atoms with Gasteiger partial charge in [0.25, 0.3) is 0 Å². The maximum Gasteiger partial charge on any atom is 0.311 e. The standard InChI is InChI=1S/4C18H15P.C16H21N5O4.Pd/c4*1-4-10-16(11-5-1)19(17-12-6-2-7-13-17)18-14-8-3-9-15-18;1-11-15(12(2)25-19-11)13-9-14(21(22)23)16(18-10-13)17-3-4-20-5-7-24-8-6-20;/h4*1-15H;9-10H,3-8H2,1-2H3,(H,17,18);. The predicted molar refractivity (Wildman–Crippen MR) is 432 cm³/mol. The summed E-state index contributed by atoms with van der Waals surface area (Å²) in [6.45, 7) is 8.15. The largest absolute Gasteiger partial charge is 0.379 e. The molecule has 2 aromatic heterocycles. The molecule has 1 fully saturated rings. The zero-order chi connectivity index (χ0) is 69.5. The predicted octanol–water partition coefficient (Wildman–Crippen LogP) is 15.8. The van der Waals surface area contributed by atoms with E-state index in [0.717, 1.165) is 38.4 Å². The second-order valence-electron chi connectivity index (χ2n) is 23.3. The molecule has 14 heteroatoms. The van der Waals surface area contributed by atoms with Crippen molar-refractivity contribution in [2.75, 3.05) is 44.7 Å². The molecule has 0 aliphatic carbocycles. The molecule has 0 radical (unpaired) electrons. The minimum Gasteiger partial charge on any atom is -0.379 e. The van der Waals surface area contributed by atoms with Gasteiger partial charge in [0.1, 0.15) is 5.76 Å². The van der Waals surface area contributed by atoms with Crippen molar-refractivity contribution in [1.29, 1.82) is 0 Å². The molecule has 14 aromatic rings. The van der Waals surface area contributed by atoms with Gasteiger partial charge in [0.05, 0.1) is 23.8 Å². The molecule has 1 saturated heterocycles. The third-order valence-corrected chi connectivity index (χ3v) is 26.2. The summed E-state index contributed by atoms with van der Waals surface area (Å²) in [7, 11) is -1.78. The molecule has 1 aliphatic rings. The van der Waals surface area contributed by atoms with Gasteiger partial charge in [-0.15, -0.1) is 0 Å². The Balaban J connectivity index is 0.000000138. The fraction of sp³-hybridized carbons (Fsp3) is 0.0909. The molecule has 0 amide bonds. The first-order chi connectivity index (χ1) is 49.9. The van der Waals surface area contributed by atoms with Crippen molar-refractivity contribution < 1.29 is 34.6 Å². The van der Waals surface area contributed by atoms with Gasteiger partial charge in [0.15, 0.2) is 0 Å². The first-order valence-corrected chi connectivity index (χ1v) is 39.2. The van der Waals surface area contributed by atoms with Crippen molar-refractivity contribution in [3.05, 3.63) is 398 Å². The van der Waals surface area contributed by atoms with Crippen LogP contribution in [0, 0.1) is 24.0 Å². The van der Waals surface area contributed by atoms with Gasteiger partial charge in [-0.1, -0.05) is 369 Å². The number of ether oxygens (including phenoxy) is 1. The Morgan fingerprint density at radius 1 is 0.392 bits per heavy atom. The Morgan fingerprint density at radius 2 is 0.627 bits per heavy atom. The van der Waals surface area contributed by atoms with E-state index in [9.17, 15) is 10.1 Å². The summed E-state index contributed by atoms with van der Waals surface area (Å²) < 4.78 is 10.4. The number of morpholine rings is 1. The molecule has 12 aromatic carbocycles. The van der Waals surface area contributed by atoms with Gasteiger partial charge in [-0.25, -0.2) is 4.98 Å². The molecule has 0 bridgehead atoms. The summed E-state index contributed by atoms with van der Waals surface area (Å²) in [6, 6.07) is 131. The van der Waals surface area contributed by atoms with Crippen LogP contribution in [0.2, 0.25) is 0 Å². The van der Waals surface area contributed by atoms with Crippen molar-refractivity contribution in [2.45, 2.75) is 13.8 Å². The molecule has 0 saturated carbocycles. The molecule has 102 heavy (non-hydrogen) atoms. The number of aromatic nitrogens is 2. The smallest absolute Gasteiger partial charge is 0.311 e. The van der Waals surface area contributed by atoms with Crippen LogP contribution in [0.15, 0.2) is 381 Å². The number of benzene rings is 12. The second-order valence-corrected chi connectivity index (χ2v) is 32.2. The Kier molecular flexibility index (Phi) is 30.1. The van der Waals surface area contributed by atoms with Crippen LogP contribution in [0.5, 0.6) is 0 Å². The normalized spacial score (nSPS) is 11.6. The zero-order valence-corrected chi connectivity index (χ0v) is 62.2. The summed E-state index contributed by atoms with van der Waals surface area (Å²) in [6.07, 6.45) is 1.61. The van der Waals surface area contributed by atoms with Crippen molar-refractivity contribution in [3.63, 3.8) is 0 Å². The van der Waals surface area contributed by atoms with E-state index < -0.39 is 36.6 Å². The van der Waals surface area contributed by atoms with E-state index in [-0.39, 0.29) is 31.9 Å². The van der Waals surface area contributed by atoms with Crippen molar-refractivity contribution >= 4 is 107 Å². The van der Waals surface area contributed by atoms with Crippen LogP contribution in [-0.4, -0.2) is 59.4 Å². The molecule has 15 rings (SSSR count). The summed E-state index contributed by atoms with van der Waals surface area (Å²) >= 11 is 0. The molecular weight excluding hydrogens is 1420 g/mol. The van der Waals surface area contributed by atoms with Crippen LogP contribution in [0.25, 0.3) is 11.1 Å². The maximum absolute atomic E-state index is 11.4. The summed E-state index contributed by atoms with van der Waals surface area (Å²) in [5, 5.41) is 35.2. The van der Waals surface area contributed by atoms with E-state index in [0.29, 0.717) is 23.6 Å². The minimum atomic E-state index is -0.446. The molecule has 0 spiro atoms. The molecule has 0 atom stereocenters. The van der Waals surface area contributed by atoms with Gasteiger partial charge < -0.3 is 14.6 Å². The van der Waals surface area contributed by atoms with Crippen LogP contribution in [-0.2, 0) is 25.2 Å². The molecular formula is C88H81N5O4P4Pd. The molecule has 0 unspecified atom stereocenters. The molecule has 1 aliphatic heterocycles. The zero-order valence-electron chi connectivity index (χ0n) is 57.1. The van der Waals surface area contributed by atoms with Gasteiger partial charge in [0.2, 0.25) is 5.82 Å². The number of nitrogens with zero attached hydrogens (tertiary/aromatic N) is 4. The van der Waals surface area contributed by atoms with Crippen molar-refractivity contribution in [1.82, 2.24) is 15.0 Å². The number of nitro groups is 1. The summed E-state index contributed by atoms with van der Waals surface area (Å²) in [5.41, 5.74) is 2.00. The fourth-order valence-electron chi connectivity index (χ4n) is 11.6. The monoisotopic (exact) mass is 1500 g/mol. The van der Waals surface area contributed by atoms with Crippen LogP contribution >= 0.6 is 31.7 Å². The van der Waals surface area contributed by atoms with Crippen molar-refractivity contribution in [2.24, 2.45) is 0 Å². The fourth-order valence-corrected chi connectivity index (χ4v) is 20.9. The van der Waals surface area contributed by atoms with Crippen molar-refractivity contribution in [3.8, 4) is 11.1 Å². The van der Waals surface area contributed by atoms with Crippen LogP contribution in [0.3, 0.4) is 0 Å². The number of pyridine rings is 1. The average Bonchev–Trinajstić information content (AvgIpc) is 1.59. The minimum absolute atomic E-state index is 0. The second kappa shape index (κ2) is 40.8. The van der Waals surface area contributed by atoms with Gasteiger partial charge >= 0.3 is 5.69 Å². The van der Waals surface area contributed by atoms with E-state index in [1.54, 1.807) is 20.0 Å². The first-order valence-electron chi connectivity index (χ1n) is 33.8. The number of hydrogen-bond acceptors (Lipinski definition) is 8. The summed E-state index contributed by atoms with van der Waals surface area (Å²) in [4.78, 5) is 17.5. The van der Waals surface area contributed by atoms with E-state index in [2.05, 4.69) is 384 Å². The van der Waals surface area contributed by atoms with E-state index >= 15 is 0 Å². The Labute approximate surface area is 619 Å². The van der Waals surface area contributed by atoms with E-state index in [1.165, 1.54) is 69.7 Å². The molecule has 512 valence electrons. The number of rotatable bonds is 18. The average molecular weight is 1500 g/mol. The molecule has 1 N–H and O–H groups in total. The van der Waals surface area contributed by atoms with Crippen LogP contribution in [0.1, 0.15) is 11.5 Å². The molecule has 3 heterocycles. The number of nitrogens with one attached hydrogen (secondary N) is 1. The Morgan fingerprint density at radius 3 is 0.833 bits per heavy atom. The van der Waals surface area contributed by atoms with E-state index in [4.69, 9.17) is 9.26 Å². The van der Waals surface area contributed by atoms with Gasteiger partial charge in [0, 0.05) is 70.0 Å². The van der Waals surface area contributed by atoms with Gasteiger partial charge in [-0.2, -0.15) is 0 Å². The first kappa shape index (κ1) is 75.2. The Hall–Kier alpha value is -9.50. The number of anilines is 1. The van der Waals surface area contributed by atoms with Gasteiger partial charge in [-0.05, 0) is 109 Å².